The number of rotatable bonds is 4. The van der Waals surface area contributed by atoms with Crippen molar-refractivity contribution in [1.29, 1.82) is 0 Å². The summed E-state index contributed by atoms with van der Waals surface area (Å²) in [6, 6.07) is 17.0. The lowest BCUT2D eigenvalue weighted by Gasteiger charge is -2.07. The van der Waals surface area contributed by atoms with E-state index in [9.17, 15) is 4.79 Å². The van der Waals surface area contributed by atoms with Gasteiger partial charge in [0.15, 0.2) is 0 Å². The molecule has 0 radical (unpaired) electrons. The SMILES string of the molecule is O=c1cc(CSc2nnc(-c3cccnc3)o2)c2c(ccc3ccccc32)o1. The maximum absolute atomic E-state index is 12.0. The molecule has 0 amide bonds. The monoisotopic (exact) mass is 387 g/mol. The molecule has 0 aliphatic heterocycles. The first-order valence-corrected chi connectivity index (χ1v) is 9.58. The summed E-state index contributed by atoms with van der Waals surface area (Å²) < 4.78 is 11.1. The molecular formula is C21H13N3O3S. The number of nitrogens with zero attached hydrogens (tertiary/aromatic N) is 3. The zero-order valence-electron chi connectivity index (χ0n) is 14.5. The Morgan fingerprint density at radius 1 is 0.964 bits per heavy atom. The highest BCUT2D eigenvalue weighted by Gasteiger charge is 2.13. The summed E-state index contributed by atoms with van der Waals surface area (Å²) >= 11 is 1.38. The third kappa shape index (κ3) is 3.05. The average Bonchev–Trinajstić information content (AvgIpc) is 3.21. The normalized spacial score (nSPS) is 11.3. The van der Waals surface area contributed by atoms with Crippen LogP contribution in [0.5, 0.6) is 0 Å². The van der Waals surface area contributed by atoms with Crippen molar-refractivity contribution in [2.75, 3.05) is 0 Å². The molecule has 7 heteroatoms. The predicted molar refractivity (Wildman–Crippen MR) is 107 cm³/mol. The van der Waals surface area contributed by atoms with Gasteiger partial charge in [-0.25, -0.2) is 4.79 Å². The highest BCUT2D eigenvalue weighted by atomic mass is 32.2. The van der Waals surface area contributed by atoms with E-state index in [0.717, 1.165) is 27.3 Å². The molecule has 0 unspecified atom stereocenters. The van der Waals surface area contributed by atoms with Crippen molar-refractivity contribution >= 4 is 33.5 Å². The van der Waals surface area contributed by atoms with Crippen LogP contribution in [0.4, 0.5) is 0 Å². The number of hydrogen-bond donors (Lipinski definition) is 0. The summed E-state index contributed by atoms with van der Waals surface area (Å²) in [5, 5.41) is 11.7. The van der Waals surface area contributed by atoms with E-state index in [2.05, 4.69) is 15.2 Å². The van der Waals surface area contributed by atoms with Gasteiger partial charge in [0.05, 0.1) is 5.56 Å². The van der Waals surface area contributed by atoms with Crippen molar-refractivity contribution in [3.05, 3.63) is 83.0 Å². The number of aromatic nitrogens is 3. The number of fused-ring (bicyclic) bond motifs is 3. The Hall–Kier alpha value is -3.45. The van der Waals surface area contributed by atoms with Gasteiger partial charge in [0.2, 0.25) is 5.89 Å². The van der Waals surface area contributed by atoms with Crippen LogP contribution in [0.2, 0.25) is 0 Å². The van der Waals surface area contributed by atoms with Gasteiger partial charge in [-0.1, -0.05) is 42.1 Å². The van der Waals surface area contributed by atoms with E-state index in [1.165, 1.54) is 17.8 Å². The highest BCUT2D eigenvalue weighted by molar-refractivity contribution is 7.98. The second-order valence-electron chi connectivity index (χ2n) is 6.15. The van der Waals surface area contributed by atoms with Crippen LogP contribution < -0.4 is 5.63 Å². The molecule has 28 heavy (non-hydrogen) atoms. The molecule has 136 valence electrons. The summed E-state index contributed by atoms with van der Waals surface area (Å²) in [5.74, 6) is 0.920. The lowest BCUT2D eigenvalue weighted by Crippen LogP contribution is -2.00. The maximum atomic E-state index is 12.0. The fraction of sp³-hybridized carbons (Fsp3) is 0.0476. The Morgan fingerprint density at radius 2 is 1.89 bits per heavy atom. The van der Waals surface area contributed by atoms with E-state index >= 15 is 0 Å². The number of hydrogen-bond acceptors (Lipinski definition) is 7. The summed E-state index contributed by atoms with van der Waals surface area (Å²) in [5.41, 5.74) is 1.83. The molecule has 0 atom stereocenters. The van der Waals surface area contributed by atoms with Crippen LogP contribution >= 0.6 is 11.8 Å². The third-order valence-electron chi connectivity index (χ3n) is 4.38. The minimum absolute atomic E-state index is 0.375. The zero-order chi connectivity index (χ0) is 18.9. The lowest BCUT2D eigenvalue weighted by atomic mass is 10.0. The van der Waals surface area contributed by atoms with Gasteiger partial charge in [-0.2, -0.15) is 0 Å². The predicted octanol–water partition coefficient (Wildman–Crippen LogP) is 4.68. The molecule has 0 fully saturated rings. The molecule has 3 heterocycles. The van der Waals surface area contributed by atoms with E-state index in [0.29, 0.717) is 22.4 Å². The van der Waals surface area contributed by atoms with Crippen LogP contribution in [0.1, 0.15) is 5.56 Å². The molecule has 0 saturated carbocycles. The van der Waals surface area contributed by atoms with Gasteiger partial charge in [-0.15, -0.1) is 10.2 Å². The average molecular weight is 387 g/mol. The van der Waals surface area contributed by atoms with Crippen molar-refractivity contribution < 1.29 is 8.83 Å². The second-order valence-corrected chi connectivity index (χ2v) is 7.08. The quantitative estimate of drug-likeness (QED) is 0.251. The zero-order valence-corrected chi connectivity index (χ0v) is 15.3. The highest BCUT2D eigenvalue weighted by Crippen LogP contribution is 2.31. The van der Waals surface area contributed by atoms with E-state index in [1.54, 1.807) is 12.4 Å². The van der Waals surface area contributed by atoms with Gasteiger partial charge < -0.3 is 8.83 Å². The van der Waals surface area contributed by atoms with Crippen LogP contribution in [-0.2, 0) is 5.75 Å². The smallest absolute Gasteiger partial charge is 0.336 e. The van der Waals surface area contributed by atoms with Crippen LogP contribution in [0.3, 0.4) is 0 Å². The van der Waals surface area contributed by atoms with Crippen molar-refractivity contribution in [3.63, 3.8) is 0 Å². The van der Waals surface area contributed by atoms with E-state index in [4.69, 9.17) is 8.83 Å². The van der Waals surface area contributed by atoms with E-state index < -0.39 is 0 Å². The first-order chi connectivity index (χ1) is 13.8. The Kier molecular flexibility index (Phi) is 4.14. The molecule has 0 bridgehead atoms. The largest absolute Gasteiger partial charge is 0.423 e. The number of benzene rings is 2. The van der Waals surface area contributed by atoms with Gasteiger partial charge in [-0.3, -0.25) is 4.98 Å². The first kappa shape index (κ1) is 16.7. The molecule has 6 nitrogen and oxygen atoms in total. The fourth-order valence-corrected chi connectivity index (χ4v) is 3.89. The van der Waals surface area contributed by atoms with Crippen LogP contribution in [0, 0.1) is 0 Å². The van der Waals surface area contributed by atoms with E-state index in [1.807, 2.05) is 48.5 Å². The lowest BCUT2D eigenvalue weighted by molar-refractivity contribution is 0.465. The van der Waals surface area contributed by atoms with E-state index in [-0.39, 0.29) is 5.63 Å². The molecule has 0 aliphatic carbocycles. The van der Waals surface area contributed by atoms with Crippen LogP contribution in [0.25, 0.3) is 33.2 Å². The fourth-order valence-electron chi connectivity index (χ4n) is 3.15. The van der Waals surface area contributed by atoms with Crippen LogP contribution in [-0.4, -0.2) is 15.2 Å². The molecule has 0 N–H and O–H groups in total. The van der Waals surface area contributed by atoms with Crippen LogP contribution in [0.15, 0.2) is 85.8 Å². The Morgan fingerprint density at radius 3 is 2.79 bits per heavy atom. The Labute approximate surface area is 163 Å². The van der Waals surface area contributed by atoms with Gasteiger partial charge in [0.25, 0.3) is 5.22 Å². The maximum Gasteiger partial charge on any atom is 0.336 e. The molecule has 0 aliphatic rings. The Bertz CT molecular complexity index is 1350. The molecule has 0 spiro atoms. The van der Waals surface area contributed by atoms with Gasteiger partial charge in [0, 0.05) is 29.6 Å². The summed E-state index contributed by atoms with van der Waals surface area (Å²) in [4.78, 5) is 16.1. The third-order valence-corrected chi connectivity index (χ3v) is 5.25. The number of thioether (sulfide) groups is 1. The van der Waals surface area contributed by atoms with Gasteiger partial charge in [-0.05, 0) is 34.5 Å². The topological polar surface area (TPSA) is 82.0 Å². The second kappa shape index (κ2) is 6.94. The summed E-state index contributed by atoms with van der Waals surface area (Å²) in [6.45, 7) is 0. The van der Waals surface area contributed by atoms with Gasteiger partial charge in [0.1, 0.15) is 5.58 Å². The molecule has 5 aromatic rings. The molecule has 2 aromatic carbocycles. The van der Waals surface area contributed by atoms with Crippen molar-refractivity contribution in [2.24, 2.45) is 0 Å². The molecular weight excluding hydrogens is 374 g/mol. The summed E-state index contributed by atoms with van der Waals surface area (Å²) in [7, 11) is 0. The number of pyridine rings is 1. The summed E-state index contributed by atoms with van der Waals surface area (Å²) in [6.07, 6.45) is 3.36. The molecule has 3 aromatic heterocycles. The molecule has 5 rings (SSSR count). The van der Waals surface area contributed by atoms with Crippen molar-refractivity contribution in [2.45, 2.75) is 11.0 Å². The first-order valence-electron chi connectivity index (χ1n) is 8.59. The van der Waals surface area contributed by atoms with Crippen molar-refractivity contribution in [3.8, 4) is 11.5 Å². The van der Waals surface area contributed by atoms with Gasteiger partial charge >= 0.3 is 5.63 Å². The minimum atomic E-state index is -0.375. The molecule has 0 saturated heterocycles. The standard InChI is InChI=1S/C21H13N3O3S/c25-18-10-15(19-16-6-2-1-4-13(16)7-8-17(19)26-18)12-28-21-24-23-20(27-21)14-5-3-9-22-11-14/h1-11H,12H2. The minimum Gasteiger partial charge on any atom is -0.423 e. The Balaban J connectivity index is 1.51. The van der Waals surface area contributed by atoms with Crippen molar-refractivity contribution in [1.82, 2.24) is 15.2 Å².